The van der Waals surface area contributed by atoms with E-state index in [1.807, 2.05) is 24.0 Å². The van der Waals surface area contributed by atoms with Crippen molar-refractivity contribution in [3.63, 3.8) is 0 Å². The van der Waals surface area contributed by atoms with Gasteiger partial charge in [-0.05, 0) is 67.2 Å². The van der Waals surface area contributed by atoms with Crippen LogP contribution in [0.4, 0.5) is 39.0 Å². The second-order valence-corrected chi connectivity index (χ2v) is 10.3. The molecule has 1 amide bonds. The summed E-state index contributed by atoms with van der Waals surface area (Å²) < 4.78 is 74.7. The van der Waals surface area contributed by atoms with Crippen LogP contribution in [-0.4, -0.2) is 37.2 Å². The van der Waals surface area contributed by atoms with Crippen LogP contribution < -0.4 is 20.4 Å². The van der Waals surface area contributed by atoms with E-state index < -0.39 is 40.7 Å². The van der Waals surface area contributed by atoms with Gasteiger partial charge in [0, 0.05) is 48.1 Å². The maximum Gasteiger partial charge on any atom is 0.293 e. The van der Waals surface area contributed by atoms with Gasteiger partial charge in [0.2, 0.25) is 5.82 Å². The first kappa shape index (κ1) is 29.3. The van der Waals surface area contributed by atoms with E-state index in [1.54, 1.807) is 36.4 Å². The van der Waals surface area contributed by atoms with Crippen molar-refractivity contribution in [1.29, 1.82) is 0 Å². The summed E-state index contributed by atoms with van der Waals surface area (Å²) in [5.74, 6) is -9.81. The third-order valence-electron chi connectivity index (χ3n) is 6.79. The molecule has 2 heterocycles. The minimum absolute atomic E-state index is 0.0416. The first-order valence-corrected chi connectivity index (χ1v) is 13.4. The fourth-order valence-electron chi connectivity index (χ4n) is 4.50. The molecule has 0 atom stereocenters. The predicted molar refractivity (Wildman–Crippen MR) is 155 cm³/mol. The molecule has 4 aromatic rings. The minimum Gasteiger partial charge on any atom is -0.451 e. The quantitative estimate of drug-likeness (QED) is 0.108. The number of anilines is 3. The summed E-state index contributed by atoms with van der Waals surface area (Å²) in [4.78, 5) is 15.7. The molecule has 0 radical (unpaired) electrons. The molecule has 1 aromatic heterocycles. The van der Waals surface area contributed by atoms with Crippen LogP contribution >= 0.6 is 23.8 Å². The zero-order valence-corrected chi connectivity index (χ0v) is 23.5. The van der Waals surface area contributed by atoms with Crippen molar-refractivity contribution in [2.75, 3.05) is 41.3 Å². The molecule has 1 aliphatic heterocycles. The van der Waals surface area contributed by atoms with Gasteiger partial charge >= 0.3 is 0 Å². The third kappa shape index (κ3) is 5.90. The van der Waals surface area contributed by atoms with E-state index in [0.717, 1.165) is 21.7 Å². The Balaban J connectivity index is 1.16. The summed E-state index contributed by atoms with van der Waals surface area (Å²) in [7, 11) is 0. The van der Waals surface area contributed by atoms with E-state index in [1.165, 1.54) is 6.07 Å². The molecule has 42 heavy (non-hydrogen) atoms. The summed E-state index contributed by atoms with van der Waals surface area (Å²) in [6.07, 6.45) is 0. The first-order valence-electron chi connectivity index (χ1n) is 12.6. The van der Waals surface area contributed by atoms with Gasteiger partial charge in [0.1, 0.15) is 11.4 Å². The van der Waals surface area contributed by atoms with Crippen molar-refractivity contribution in [2.45, 2.75) is 6.92 Å². The zero-order chi connectivity index (χ0) is 30.1. The van der Waals surface area contributed by atoms with Gasteiger partial charge in [-0.25, -0.2) is 22.0 Å². The molecular formula is C29H22ClF5N4O2S. The van der Waals surface area contributed by atoms with E-state index in [4.69, 9.17) is 28.2 Å². The number of amides is 1. The average Bonchev–Trinajstić information content (AvgIpc) is 3.48. The van der Waals surface area contributed by atoms with Crippen LogP contribution in [0.2, 0.25) is 5.02 Å². The average molecular weight is 621 g/mol. The minimum atomic E-state index is -2.18. The summed E-state index contributed by atoms with van der Waals surface area (Å²) in [6, 6.07) is 15.6. The monoisotopic (exact) mass is 620 g/mol. The van der Waals surface area contributed by atoms with Crippen molar-refractivity contribution in [1.82, 2.24) is 5.32 Å². The Bertz CT molecular complexity index is 1640. The topological polar surface area (TPSA) is 60.8 Å². The smallest absolute Gasteiger partial charge is 0.293 e. The molecule has 1 saturated heterocycles. The second kappa shape index (κ2) is 12.0. The van der Waals surface area contributed by atoms with E-state index in [9.17, 15) is 26.7 Å². The molecule has 1 fully saturated rings. The zero-order valence-electron chi connectivity index (χ0n) is 21.9. The first-order chi connectivity index (χ1) is 20.0. The van der Waals surface area contributed by atoms with Crippen LogP contribution in [0.1, 0.15) is 16.1 Å². The van der Waals surface area contributed by atoms with Crippen LogP contribution in [0.25, 0.3) is 11.3 Å². The molecule has 0 unspecified atom stereocenters. The number of rotatable bonds is 5. The predicted octanol–water partition coefficient (Wildman–Crippen LogP) is 7.06. The number of carbonyl (C=O) groups excluding carboxylic acids is 1. The van der Waals surface area contributed by atoms with Gasteiger partial charge in [-0.1, -0.05) is 23.7 Å². The Morgan fingerprint density at radius 3 is 2.05 bits per heavy atom. The Morgan fingerprint density at radius 2 is 1.43 bits per heavy atom. The maximum atomic E-state index is 14.2. The molecule has 0 aliphatic carbocycles. The van der Waals surface area contributed by atoms with E-state index in [0.29, 0.717) is 16.5 Å². The van der Waals surface area contributed by atoms with E-state index in [-0.39, 0.29) is 37.1 Å². The molecule has 0 spiro atoms. The number of furan rings is 1. The highest BCUT2D eigenvalue weighted by Crippen LogP contribution is 2.32. The van der Waals surface area contributed by atoms with E-state index in [2.05, 4.69) is 10.6 Å². The fraction of sp³-hybridized carbons (Fsp3) is 0.172. The molecule has 1 aliphatic rings. The Hall–Kier alpha value is -4.16. The summed E-state index contributed by atoms with van der Waals surface area (Å²) in [6.45, 7) is 2.52. The van der Waals surface area contributed by atoms with Crippen LogP contribution in [-0.2, 0) is 0 Å². The van der Waals surface area contributed by atoms with Gasteiger partial charge in [0.25, 0.3) is 5.91 Å². The Labute approximate surface area is 247 Å². The molecule has 0 bridgehead atoms. The van der Waals surface area contributed by atoms with Gasteiger partial charge in [-0.2, -0.15) is 0 Å². The van der Waals surface area contributed by atoms with Gasteiger partial charge in [0.05, 0.1) is 0 Å². The second-order valence-electron chi connectivity index (χ2n) is 9.48. The number of aryl methyl sites for hydroxylation is 1. The Kier molecular flexibility index (Phi) is 8.37. The number of hydrogen-bond acceptors (Lipinski definition) is 5. The standard InChI is InChI=1S/C29H22ClF5N4O2S/c1-15-2-3-16(14-19(15)30)20-8-9-21(41-20)28(40)37-29(42)36-17-4-6-18(7-5-17)38-10-12-39(13-11-38)27-25(34)23(32)22(31)24(33)26(27)35/h2-9,14H,10-13H2,1H3,(H2,36,37,40,42). The van der Waals surface area contributed by atoms with Crippen LogP contribution in [0.3, 0.4) is 0 Å². The highest BCUT2D eigenvalue weighted by molar-refractivity contribution is 7.80. The lowest BCUT2D eigenvalue weighted by atomic mass is 10.1. The number of piperazine rings is 1. The number of thiocarbonyl (C=S) groups is 1. The van der Waals surface area contributed by atoms with Crippen molar-refractivity contribution in [3.05, 3.63) is 100 Å². The SMILES string of the molecule is Cc1ccc(-c2ccc(C(=O)NC(=S)Nc3ccc(N4CCN(c5c(F)c(F)c(F)c(F)c5F)CC4)cc3)o2)cc1Cl. The highest BCUT2D eigenvalue weighted by atomic mass is 35.5. The van der Waals surface area contributed by atoms with Gasteiger partial charge in [-0.15, -0.1) is 0 Å². The largest absolute Gasteiger partial charge is 0.451 e. The summed E-state index contributed by atoms with van der Waals surface area (Å²) in [5.41, 5.74) is 2.07. The third-order valence-corrected chi connectivity index (χ3v) is 7.40. The van der Waals surface area contributed by atoms with Gasteiger partial charge in [-0.3, -0.25) is 10.1 Å². The number of hydrogen-bond donors (Lipinski definition) is 2. The Morgan fingerprint density at radius 1 is 0.833 bits per heavy atom. The molecule has 2 N–H and O–H groups in total. The van der Waals surface area contributed by atoms with Gasteiger partial charge in [0.15, 0.2) is 34.1 Å². The molecular weight excluding hydrogens is 599 g/mol. The van der Waals surface area contributed by atoms with Crippen molar-refractivity contribution >= 4 is 51.9 Å². The summed E-state index contributed by atoms with van der Waals surface area (Å²) in [5, 5.41) is 6.09. The lowest BCUT2D eigenvalue weighted by Crippen LogP contribution is -2.47. The molecule has 13 heteroatoms. The maximum absolute atomic E-state index is 14.2. The molecule has 218 valence electrons. The fourth-order valence-corrected chi connectivity index (χ4v) is 4.89. The molecule has 3 aromatic carbocycles. The molecule has 5 rings (SSSR count). The van der Waals surface area contributed by atoms with Crippen molar-refractivity contribution < 1.29 is 31.2 Å². The van der Waals surface area contributed by atoms with Gasteiger partial charge < -0.3 is 19.5 Å². The van der Waals surface area contributed by atoms with Crippen molar-refractivity contribution in [3.8, 4) is 11.3 Å². The van der Waals surface area contributed by atoms with Crippen molar-refractivity contribution in [2.24, 2.45) is 0 Å². The normalized spacial score (nSPS) is 13.3. The lowest BCUT2D eigenvalue weighted by Gasteiger charge is -2.37. The number of carbonyl (C=O) groups is 1. The number of nitrogens with one attached hydrogen (secondary N) is 2. The number of benzene rings is 3. The lowest BCUT2D eigenvalue weighted by molar-refractivity contribution is 0.0951. The number of halogens is 6. The van der Waals surface area contributed by atoms with Crippen LogP contribution in [0.15, 0.2) is 59.0 Å². The highest BCUT2D eigenvalue weighted by Gasteiger charge is 2.30. The number of nitrogens with zero attached hydrogens (tertiary/aromatic N) is 2. The van der Waals surface area contributed by atoms with Crippen LogP contribution in [0.5, 0.6) is 0 Å². The molecule has 0 saturated carbocycles. The molecule has 6 nitrogen and oxygen atoms in total. The summed E-state index contributed by atoms with van der Waals surface area (Å²) >= 11 is 11.4. The van der Waals surface area contributed by atoms with E-state index >= 15 is 0 Å². The van der Waals surface area contributed by atoms with Crippen LogP contribution in [0, 0.1) is 36.0 Å².